The van der Waals surface area contributed by atoms with Crippen LogP contribution in [0.2, 0.25) is 0 Å². The lowest BCUT2D eigenvalue weighted by Gasteiger charge is -2.39. The largest absolute Gasteiger partial charge is 0.463 e. The Labute approximate surface area is 171 Å². The number of carbonyl (C=O) groups is 1. The van der Waals surface area contributed by atoms with Gasteiger partial charge in [0.1, 0.15) is 0 Å². The molecule has 0 saturated heterocycles. The molecule has 32 heavy (non-hydrogen) atoms. The highest BCUT2D eigenvalue weighted by molar-refractivity contribution is 7.90. The first-order valence-electron chi connectivity index (χ1n) is 7.46. The van der Waals surface area contributed by atoms with Crippen LogP contribution in [0.4, 0.5) is 57.1 Å². The standard InChI is InChI=1S/C7H4F13NO2S.C6H10O2/c1-21-24(22,23)7(19,20)5(14,15)3(10,11)2(8,9)4(12,13)6(16,17)18;1-4-8-6(7)5(2)3/h21H,1H3;2,4H2,1,3H3. The summed E-state index contributed by atoms with van der Waals surface area (Å²) in [5.41, 5.74) is 0.451. The van der Waals surface area contributed by atoms with Crippen LogP contribution in [0.25, 0.3) is 0 Å². The molecule has 0 bridgehead atoms. The first-order chi connectivity index (χ1) is 13.7. The lowest BCUT2D eigenvalue weighted by molar-refractivity contribution is -0.433. The molecule has 0 rings (SSSR count). The van der Waals surface area contributed by atoms with E-state index in [1.54, 1.807) is 13.8 Å². The third-order valence-electron chi connectivity index (χ3n) is 3.13. The molecule has 0 aliphatic heterocycles. The van der Waals surface area contributed by atoms with E-state index in [2.05, 4.69) is 11.3 Å². The van der Waals surface area contributed by atoms with Crippen molar-refractivity contribution < 1.29 is 75.0 Å². The first kappa shape index (κ1) is 32.4. The van der Waals surface area contributed by atoms with Gasteiger partial charge in [-0.25, -0.2) is 17.9 Å². The average molecular weight is 527 g/mol. The van der Waals surface area contributed by atoms with Gasteiger partial charge in [-0.15, -0.1) is 0 Å². The molecule has 0 aromatic carbocycles. The van der Waals surface area contributed by atoms with Crippen molar-refractivity contribution in [3.05, 3.63) is 12.2 Å². The summed E-state index contributed by atoms with van der Waals surface area (Å²) in [5.74, 6) is -32.3. The van der Waals surface area contributed by atoms with Gasteiger partial charge < -0.3 is 4.74 Å². The minimum atomic E-state index is -8.13. The normalized spacial score (nSPS) is 14.4. The molecule has 0 atom stereocenters. The number of hydrogen-bond donors (Lipinski definition) is 1. The maximum absolute atomic E-state index is 13.0. The molecule has 5 nitrogen and oxygen atoms in total. The van der Waals surface area contributed by atoms with E-state index in [1.165, 1.54) is 0 Å². The number of sulfonamides is 1. The lowest BCUT2D eigenvalue weighted by Crippen LogP contribution is -2.71. The number of alkyl halides is 13. The third kappa shape index (κ3) is 5.40. The number of esters is 1. The highest BCUT2D eigenvalue weighted by atomic mass is 32.2. The van der Waals surface area contributed by atoms with Gasteiger partial charge in [-0.05, 0) is 20.9 Å². The van der Waals surface area contributed by atoms with E-state index in [0.29, 0.717) is 16.9 Å². The van der Waals surface area contributed by atoms with Gasteiger partial charge >= 0.3 is 41.1 Å². The molecule has 0 heterocycles. The van der Waals surface area contributed by atoms with Gasteiger partial charge in [0.2, 0.25) is 0 Å². The smallest absolute Gasteiger partial charge is 0.460 e. The second-order valence-corrected chi connectivity index (χ2v) is 7.45. The van der Waals surface area contributed by atoms with Crippen LogP contribution in [0, 0.1) is 0 Å². The fraction of sp³-hybridized carbons (Fsp3) is 0.769. The fourth-order valence-electron chi connectivity index (χ4n) is 1.31. The molecule has 0 aromatic rings. The Morgan fingerprint density at radius 2 is 1.16 bits per heavy atom. The van der Waals surface area contributed by atoms with Gasteiger partial charge in [0, 0.05) is 5.57 Å². The summed E-state index contributed by atoms with van der Waals surface area (Å²) in [6, 6.07) is 0. The highest BCUT2D eigenvalue weighted by Gasteiger charge is 2.92. The Kier molecular flexibility index (Phi) is 9.72. The minimum Gasteiger partial charge on any atom is -0.463 e. The molecule has 0 unspecified atom stereocenters. The van der Waals surface area contributed by atoms with E-state index in [4.69, 9.17) is 0 Å². The molecular weight excluding hydrogens is 513 g/mol. The number of rotatable bonds is 8. The van der Waals surface area contributed by atoms with E-state index in [-0.39, 0.29) is 13.0 Å². The molecule has 0 radical (unpaired) electrons. The van der Waals surface area contributed by atoms with Crippen LogP contribution in [0.5, 0.6) is 0 Å². The zero-order valence-electron chi connectivity index (χ0n) is 15.9. The van der Waals surface area contributed by atoms with Gasteiger partial charge in [-0.3, -0.25) is 0 Å². The molecule has 0 aliphatic rings. The molecule has 19 heteroatoms. The zero-order valence-corrected chi connectivity index (χ0v) is 16.7. The van der Waals surface area contributed by atoms with Crippen LogP contribution >= 0.6 is 0 Å². The quantitative estimate of drug-likeness (QED) is 0.290. The lowest BCUT2D eigenvalue weighted by atomic mass is 9.98. The summed E-state index contributed by atoms with van der Waals surface area (Å²) in [6.07, 6.45) is -7.55. The average Bonchev–Trinajstić information content (AvgIpc) is 2.60. The molecule has 0 aliphatic carbocycles. The monoisotopic (exact) mass is 527 g/mol. The number of halogens is 13. The Bertz CT molecular complexity index is 790. The van der Waals surface area contributed by atoms with Crippen molar-refractivity contribution >= 4 is 16.0 Å². The first-order valence-corrected chi connectivity index (χ1v) is 8.94. The van der Waals surface area contributed by atoms with Gasteiger partial charge in [0.15, 0.2) is 0 Å². The number of ether oxygens (including phenoxy) is 1. The van der Waals surface area contributed by atoms with E-state index in [9.17, 15) is 70.3 Å². The zero-order chi connectivity index (χ0) is 26.8. The summed E-state index contributed by atoms with van der Waals surface area (Å²) in [6.45, 7) is 7.21. The van der Waals surface area contributed by atoms with Crippen LogP contribution in [-0.4, -0.2) is 63.2 Å². The minimum absolute atomic E-state index is 0.0695. The second-order valence-electron chi connectivity index (χ2n) is 5.52. The SMILES string of the molecule is C=C(C)C(=O)OCC.CNS(=O)(=O)C(F)(F)C(F)(F)C(F)(F)C(F)(F)C(F)(F)C(F)(F)F. The summed E-state index contributed by atoms with van der Waals surface area (Å²) < 4.78 is 189. The van der Waals surface area contributed by atoms with Crippen molar-refractivity contribution in [1.82, 2.24) is 4.72 Å². The predicted molar refractivity (Wildman–Crippen MR) is 80.2 cm³/mol. The predicted octanol–water partition coefficient (Wildman–Crippen LogP) is 4.36. The number of nitrogens with one attached hydrogen (secondary N) is 1. The molecule has 0 aromatic heterocycles. The maximum Gasteiger partial charge on any atom is 0.460 e. The Balaban J connectivity index is 0. The van der Waals surface area contributed by atoms with E-state index in [0.717, 1.165) is 0 Å². The molecule has 0 spiro atoms. The Morgan fingerprint density at radius 1 is 0.812 bits per heavy atom. The van der Waals surface area contributed by atoms with Gasteiger partial charge in [-0.1, -0.05) is 6.58 Å². The van der Waals surface area contributed by atoms with E-state index < -0.39 is 45.1 Å². The van der Waals surface area contributed by atoms with Crippen molar-refractivity contribution in [2.75, 3.05) is 13.7 Å². The van der Waals surface area contributed by atoms with Crippen molar-refractivity contribution in [2.45, 2.75) is 49.0 Å². The molecule has 192 valence electrons. The summed E-state index contributed by atoms with van der Waals surface area (Å²) >= 11 is 0. The summed E-state index contributed by atoms with van der Waals surface area (Å²) in [5, 5.41) is -7.18. The number of hydrogen-bond acceptors (Lipinski definition) is 4. The summed E-state index contributed by atoms with van der Waals surface area (Å²) in [7, 11) is -6.92. The van der Waals surface area contributed by atoms with Crippen molar-refractivity contribution in [3.63, 3.8) is 0 Å². The Hall–Kier alpha value is -1.79. The van der Waals surface area contributed by atoms with Crippen molar-refractivity contribution in [2.24, 2.45) is 0 Å². The topological polar surface area (TPSA) is 72.5 Å². The Morgan fingerprint density at radius 3 is 1.38 bits per heavy atom. The number of carbonyl (C=O) groups excluding carboxylic acids is 1. The van der Waals surface area contributed by atoms with Crippen molar-refractivity contribution in [1.29, 1.82) is 0 Å². The van der Waals surface area contributed by atoms with E-state index >= 15 is 0 Å². The van der Waals surface area contributed by atoms with Crippen LogP contribution in [0.3, 0.4) is 0 Å². The van der Waals surface area contributed by atoms with E-state index in [1.807, 2.05) is 0 Å². The van der Waals surface area contributed by atoms with Crippen LogP contribution < -0.4 is 4.72 Å². The van der Waals surface area contributed by atoms with Crippen LogP contribution in [0.1, 0.15) is 13.8 Å². The molecule has 0 fully saturated rings. The molecule has 0 saturated carbocycles. The summed E-state index contributed by atoms with van der Waals surface area (Å²) in [4.78, 5) is 10.4. The van der Waals surface area contributed by atoms with Crippen LogP contribution in [-0.2, 0) is 19.6 Å². The molecule has 1 N–H and O–H groups in total. The highest BCUT2D eigenvalue weighted by Crippen LogP contribution is 2.60. The fourth-order valence-corrected chi connectivity index (χ4v) is 2.03. The molecule has 0 amide bonds. The maximum atomic E-state index is 13.0. The van der Waals surface area contributed by atoms with Gasteiger partial charge in [0.25, 0.3) is 10.0 Å². The molecular formula is C13H14F13NO4S. The third-order valence-corrected chi connectivity index (χ3v) is 4.60. The van der Waals surface area contributed by atoms with Crippen LogP contribution in [0.15, 0.2) is 12.2 Å². The second kappa shape index (κ2) is 9.60. The van der Waals surface area contributed by atoms with Gasteiger partial charge in [0.05, 0.1) is 6.61 Å². The van der Waals surface area contributed by atoms with Gasteiger partial charge in [-0.2, -0.15) is 57.1 Å². The van der Waals surface area contributed by atoms with Crippen molar-refractivity contribution in [3.8, 4) is 0 Å².